The molecule has 0 aromatic carbocycles. The summed E-state index contributed by atoms with van der Waals surface area (Å²) in [6.45, 7) is 7.00. The van der Waals surface area contributed by atoms with Gasteiger partial charge in [0.2, 0.25) is 0 Å². The smallest absolute Gasteiger partial charge is 0.325 e. The largest absolute Gasteiger partial charge is 0.480 e. The summed E-state index contributed by atoms with van der Waals surface area (Å²) in [4.78, 5) is 27.5. The van der Waals surface area contributed by atoms with E-state index in [9.17, 15) is 9.59 Å². The summed E-state index contributed by atoms with van der Waals surface area (Å²) in [5.41, 5.74) is 1.84. The standard InChI is InChI=1S/C14H17N3O4/c1-6(2)10-5-9(12(18)15-8(4)14(19)20)11-7(3)17-21-13(11)16-10/h5-6,8H,1-4H3,(H,15,18)(H,19,20). The van der Waals surface area contributed by atoms with Crippen molar-refractivity contribution in [2.24, 2.45) is 0 Å². The van der Waals surface area contributed by atoms with Gasteiger partial charge >= 0.3 is 5.97 Å². The van der Waals surface area contributed by atoms with Crippen LogP contribution in [0, 0.1) is 6.92 Å². The maximum Gasteiger partial charge on any atom is 0.325 e. The maximum atomic E-state index is 12.3. The van der Waals surface area contributed by atoms with Crippen LogP contribution < -0.4 is 5.32 Å². The van der Waals surface area contributed by atoms with Crippen LogP contribution in [0.15, 0.2) is 10.6 Å². The van der Waals surface area contributed by atoms with Crippen molar-refractivity contribution in [1.82, 2.24) is 15.5 Å². The Morgan fingerprint density at radius 2 is 2.00 bits per heavy atom. The highest BCUT2D eigenvalue weighted by atomic mass is 16.5. The summed E-state index contributed by atoms with van der Waals surface area (Å²) in [7, 11) is 0. The van der Waals surface area contributed by atoms with Gasteiger partial charge in [-0.2, -0.15) is 0 Å². The summed E-state index contributed by atoms with van der Waals surface area (Å²) < 4.78 is 5.13. The minimum Gasteiger partial charge on any atom is -0.480 e. The Morgan fingerprint density at radius 3 is 2.57 bits per heavy atom. The molecule has 1 atom stereocenters. The summed E-state index contributed by atoms with van der Waals surface area (Å²) in [5, 5.41) is 15.7. The number of carbonyl (C=O) groups is 2. The number of hydrogen-bond acceptors (Lipinski definition) is 5. The molecule has 0 aliphatic heterocycles. The Labute approximate surface area is 121 Å². The first-order valence-corrected chi connectivity index (χ1v) is 6.61. The van der Waals surface area contributed by atoms with E-state index in [0.29, 0.717) is 22.3 Å². The van der Waals surface area contributed by atoms with E-state index in [4.69, 9.17) is 9.63 Å². The maximum absolute atomic E-state index is 12.3. The van der Waals surface area contributed by atoms with E-state index in [1.54, 1.807) is 13.0 Å². The number of amides is 1. The molecule has 112 valence electrons. The molecule has 0 fully saturated rings. The molecular formula is C14H17N3O4. The van der Waals surface area contributed by atoms with Crippen LogP contribution in [0.5, 0.6) is 0 Å². The monoisotopic (exact) mass is 291 g/mol. The molecule has 7 nitrogen and oxygen atoms in total. The number of aryl methyl sites for hydroxylation is 1. The van der Waals surface area contributed by atoms with Crippen molar-refractivity contribution in [1.29, 1.82) is 0 Å². The normalized spacial score (nSPS) is 12.6. The molecular weight excluding hydrogens is 274 g/mol. The predicted octanol–water partition coefficient (Wildman–Crippen LogP) is 1.86. The number of aliphatic carboxylic acids is 1. The zero-order chi connectivity index (χ0) is 15.7. The Hall–Kier alpha value is -2.44. The van der Waals surface area contributed by atoms with E-state index in [1.165, 1.54) is 6.92 Å². The van der Waals surface area contributed by atoms with Crippen LogP contribution in [0.3, 0.4) is 0 Å². The van der Waals surface area contributed by atoms with Crippen molar-refractivity contribution in [3.8, 4) is 0 Å². The van der Waals surface area contributed by atoms with Gasteiger partial charge in [-0.1, -0.05) is 19.0 Å². The van der Waals surface area contributed by atoms with Crippen LogP contribution in [0.1, 0.15) is 48.4 Å². The van der Waals surface area contributed by atoms with Gasteiger partial charge in [-0.05, 0) is 25.8 Å². The Morgan fingerprint density at radius 1 is 1.33 bits per heavy atom. The van der Waals surface area contributed by atoms with Gasteiger partial charge in [0, 0.05) is 5.69 Å². The van der Waals surface area contributed by atoms with Gasteiger partial charge in [-0.3, -0.25) is 9.59 Å². The van der Waals surface area contributed by atoms with Gasteiger partial charge < -0.3 is 14.9 Å². The van der Waals surface area contributed by atoms with Crippen molar-refractivity contribution in [2.75, 3.05) is 0 Å². The number of carbonyl (C=O) groups excluding carboxylic acids is 1. The first-order chi connectivity index (χ1) is 9.81. The van der Waals surface area contributed by atoms with Gasteiger partial charge in [-0.15, -0.1) is 0 Å². The van der Waals surface area contributed by atoms with Gasteiger partial charge in [0.05, 0.1) is 16.6 Å². The topological polar surface area (TPSA) is 105 Å². The Bertz CT molecular complexity index is 706. The summed E-state index contributed by atoms with van der Waals surface area (Å²) in [6.07, 6.45) is 0. The SMILES string of the molecule is Cc1noc2nc(C(C)C)cc(C(=O)NC(C)C(=O)O)c12. The summed E-state index contributed by atoms with van der Waals surface area (Å²) in [5.74, 6) is -1.48. The highest BCUT2D eigenvalue weighted by molar-refractivity contribution is 6.07. The van der Waals surface area contributed by atoms with Crippen molar-refractivity contribution in [3.63, 3.8) is 0 Å². The van der Waals surface area contributed by atoms with Crippen molar-refractivity contribution >= 4 is 23.0 Å². The fourth-order valence-electron chi connectivity index (χ4n) is 1.92. The highest BCUT2D eigenvalue weighted by Gasteiger charge is 2.22. The fraction of sp³-hybridized carbons (Fsp3) is 0.429. The molecule has 0 saturated carbocycles. The van der Waals surface area contributed by atoms with E-state index in [1.807, 2.05) is 13.8 Å². The lowest BCUT2D eigenvalue weighted by atomic mass is 10.0. The third kappa shape index (κ3) is 2.86. The van der Waals surface area contributed by atoms with Crippen LogP contribution in [-0.2, 0) is 4.79 Å². The number of fused-ring (bicyclic) bond motifs is 1. The molecule has 0 radical (unpaired) electrons. The molecule has 1 unspecified atom stereocenters. The van der Waals surface area contributed by atoms with E-state index in [2.05, 4.69) is 15.5 Å². The van der Waals surface area contributed by atoms with Gasteiger partial charge in [0.1, 0.15) is 6.04 Å². The minimum absolute atomic E-state index is 0.100. The van der Waals surface area contributed by atoms with Gasteiger partial charge in [0.15, 0.2) is 0 Å². The zero-order valence-electron chi connectivity index (χ0n) is 12.3. The molecule has 1 amide bonds. The molecule has 2 heterocycles. The number of rotatable bonds is 4. The van der Waals surface area contributed by atoms with E-state index in [0.717, 1.165) is 0 Å². The lowest BCUT2D eigenvalue weighted by Crippen LogP contribution is -2.38. The van der Waals surface area contributed by atoms with Gasteiger partial charge in [-0.25, -0.2) is 4.98 Å². The lowest BCUT2D eigenvalue weighted by molar-refractivity contribution is -0.138. The second kappa shape index (κ2) is 5.51. The number of nitrogens with one attached hydrogen (secondary N) is 1. The van der Waals surface area contributed by atoms with Crippen LogP contribution in [0.2, 0.25) is 0 Å². The van der Waals surface area contributed by atoms with Crippen LogP contribution >= 0.6 is 0 Å². The molecule has 2 rings (SSSR count). The zero-order valence-corrected chi connectivity index (χ0v) is 12.3. The predicted molar refractivity (Wildman–Crippen MR) is 75.2 cm³/mol. The fourth-order valence-corrected chi connectivity index (χ4v) is 1.92. The number of carboxylic acid groups (broad SMARTS) is 1. The summed E-state index contributed by atoms with van der Waals surface area (Å²) >= 11 is 0. The molecule has 21 heavy (non-hydrogen) atoms. The molecule has 2 N–H and O–H groups in total. The molecule has 0 spiro atoms. The van der Waals surface area contributed by atoms with Crippen molar-refractivity contribution in [3.05, 3.63) is 23.0 Å². The molecule has 0 aliphatic carbocycles. The molecule has 7 heteroatoms. The van der Waals surface area contributed by atoms with E-state index in [-0.39, 0.29) is 11.6 Å². The van der Waals surface area contributed by atoms with E-state index >= 15 is 0 Å². The minimum atomic E-state index is -1.10. The third-order valence-corrected chi connectivity index (χ3v) is 3.19. The second-order valence-corrected chi connectivity index (χ2v) is 5.23. The summed E-state index contributed by atoms with van der Waals surface area (Å²) in [6, 6.07) is 0.671. The second-order valence-electron chi connectivity index (χ2n) is 5.23. The highest BCUT2D eigenvalue weighted by Crippen LogP contribution is 2.25. The third-order valence-electron chi connectivity index (χ3n) is 3.19. The first-order valence-electron chi connectivity index (χ1n) is 6.61. The Balaban J connectivity index is 2.52. The number of aromatic nitrogens is 2. The van der Waals surface area contributed by atoms with Crippen molar-refractivity contribution < 1.29 is 19.2 Å². The van der Waals surface area contributed by atoms with E-state index < -0.39 is 17.9 Å². The number of carboxylic acids is 1. The van der Waals surface area contributed by atoms with Crippen LogP contribution in [0.25, 0.3) is 11.1 Å². The van der Waals surface area contributed by atoms with Crippen LogP contribution in [-0.4, -0.2) is 33.2 Å². The molecule has 0 bridgehead atoms. The van der Waals surface area contributed by atoms with Gasteiger partial charge in [0.25, 0.3) is 11.6 Å². The number of hydrogen-bond donors (Lipinski definition) is 2. The average Bonchev–Trinajstić information content (AvgIpc) is 2.79. The molecule has 2 aromatic rings. The molecule has 0 aliphatic rings. The molecule has 0 saturated heterocycles. The molecule has 2 aromatic heterocycles. The average molecular weight is 291 g/mol. The first kappa shape index (κ1) is 15.0. The van der Waals surface area contributed by atoms with Crippen molar-refractivity contribution in [2.45, 2.75) is 39.7 Å². The number of pyridine rings is 1. The quantitative estimate of drug-likeness (QED) is 0.890. The number of nitrogens with zero attached hydrogens (tertiary/aromatic N) is 2. The lowest BCUT2D eigenvalue weighted by Gasteiger charge is -2.11. The van der Waals surface area contributed by atoms with Crippen LogP contribution in [0.4, 0.5) is 0 Å². The Kier molecular flexibility index (Phi) is 3.93.